The van der Waals surface area contributed by atoms with Gasteiger partial charge in [-0.3, -0.25) is 18.9 Å². The van der Waals surface area contributed by atoms with E-state index >= 15 is 0 Å². The van der Waals surface area contributed by atoms with Crippen LogP contribution < -0.4 is 14.9 Å². The Morgan fingerprint density at radius 3 is 2.05 bits per heavy atom. The number of benzene rings is 4. The topological polar surface area (TPSA) is 108 Å². The summed E-state index contributed by atoms with van der Waals surface area (Å²) in [6, 6.07) is 34.3. The van der Waals surface area contributed by atoms with Gasteiger partial charge in [0, 0.05) is 24.5 Å². The van der Waals surface area contributed by atoms with E-state index in [2.05, 4.69) is 15.6 Å². The largest absolute Gasteiger partial charge is 0.348 e. The maximum absolute atomic E-state index is 13.6. The molecule has 0 aliphatic heterocycles. The second-order valence-corrected chi connectivity index (χ2v) is 11.3. The van der Waals surface area contributed by atoms with Crippen LogP contribution in [0.4, 0.5) is 11.4 Å². The molecule has 8 nitrogen and oxygen atoms in total. The zero-order valence-electron chi connectivity index (χ0n) is 22.6. The Bertz CT molecular complexity index is 1760. The lowest BCUT2D eigenvalue weighted by molar-refractivity contribution is 0.0951. The van der Waals surface area contributed by atoms with E-state index in [0.29, 0.717) is 34.6 Å². The van der Waals surface area contributed by atoms with Gasteiger partial charge in [-0.25, -0.2) is 8.42 Å². The number of hydrogen-bond acceptors (Lipinski definition) is 5. The summed E-state index contributed by atoms with van der Waals surface area (Å²) in [5.41, 5.74) is 3.15. The van der Waals surface area contributed by atoms with Crippen LogP contribution in [0.2, 0.25) is 0 Å². The van der Waals surface area contributed by atoms with Crippen molar-refractivity contribution in [1.29, 1.82) is 0 Å². The van der Waals surface area contributed by atoms with Crippen LogP contribution in [0, 0.1) is 0 Å². The molecular formula is C33H28N4O4S. The van der Waals surface area contributed by atoms with Crippen LogP contribution in [0.3, 0.4) is 0 Å². The number of rotatable bonds is 10. The van der Waals surface area contributed by atoms with Crippen LogP contribution in [-0.4, -0.2) is 25.2 Å². The van der Waals surface area contributed by atoms with Crippen molar-refractivity contribution < 1.29 is 18.0 Å². The molecule has 5 aromatic rings. The molecule has 0 radical (unpaired) electrons. The normalized spacial score (nSPS) is 11.0. The molecule has 0 unspecified atom stereocenters. The van der Waals surface area contributed by atoms with E-state index in [1.807, 2.05) is 12.1 Å². The van der Waals surface area contributed by atoms with E-state index in [9.17, 15) is 18.0 Å². The van der Waals surface area contributed by atoms with Crippen LogP contribution >= 0.6 is 0 Å². The van der Waals surface area contributed by atoms with Gasteiger partial charge in [0.05, 0.1) is 28.4 Å². The summed E-state index contributed by atoms with van der Waals surface area (Å²) in [6.07, 6.45) is 3.34. The quantitative estimate of drug-likeness (QED) is 0.223. The smallest absolute Gasteiger partial charge is 0.264 e. The van der Waals surface area contributed by atoms with Crippen molar-refractivity contribution in [3.05, 3.63) is 156 Å². The number of para-hydroxylation sites is 2. The molecule has 9 heteroatoms. The molecule has 0 spiro atoms. The first kappa shape index (κ1) is 28.3. The van der Waals surface area contributed by atoms with Crippen molar-refractivity contribution in [2.75, 3.05) is 9.62 Å². The first-order valence-electron chi connectivity index (χ1n) is 13.2. The lowest BCUT2D eigenvalue weighted by atomic mass is 10.1. The number of amides is 2. The van der Waals surface area contributed by atoms with Crippen LogP contribution in [0.5, 0.6) is 0 Å². The second-order valence-electron chi connectivity index (χ2n) is 9.40. The Morgan fingerprint density at radius 1 is 0.690 bits per heavy atom. The minimum absolute atomic E-state index is 0.0725. The van der Waals surface area contributed by atoms with E-state index in [1.165, 1.54) is 4.31 Å². The third-order valence-electron chi connectivity index (χ3n) is 6.51. The molecule has 0 aliphatic carbocycles. The summed E-state index contributed by atoms with van der Waals surface area (Å²) in [5.74, 6) is -0.725. The van der Waals surface area contributed by atoms with Crippen LogP contribution in [0.25, 0.3) is 0 Å². The highest BCUT2D eigenvalue weighted by Crippen LogP contribution is 2.26. The van der Waals surface area contributed by atoms with Gasteiger partial charge in [0.15, 0.2) is 0 Å². The van der Waals surface area contributed by atoms with E-state index in [4.69, 9.17) is 0 Å². The van der Waals surface area contributed by atoms with Gasteiger partial charge in [-0.1, -0.05) is 66.7 Å². The molecule has 1 heterocycles. The molecule has 1 aromatic heterocycles. The number of nitrogens with zero attached hydrogens (tertiary/aromatic N) is 2. The molecule has 42 heavy (non-hydrogen) atoms. The summed E-state index contributed by atoms with van der Waals surface area (Å²) in [5, 5.41) is 5.67. The molecule has 0 bridgehead atoms. The van der Waals surface area contributed by atoms with Crippen molar-refractivity contribution in [3.8, 4) is 0 Å². The van der Waals surface area contributed by atoms with Crippen LogP contribution in [-0.2, 0) is 23.1 Å². The number of hydrogen-bond donors (Lipinski definition) is 2. The zero-order valence-corrected chi connectivity index (χ0v) is 23.4. The minimum atomic E-state index is -3.84. The number of pyridine rings is 1. The molecular weight excluding hydrogens is 548 g/mol. The molecule has 4 aromatic carbocycles. The summed E-state index contributed by atoms with van der Waals surface area (Å²) in [7, 11) is -3.84. The van der Waals surface area contributed by atoms with E-state index in [1.54, 1.807) is 122 Å². The van der Waals surface area contributed by atoms with Crippen molar-refractivity contribution in [3.63, 3.8) is 0 Å². The molecule has 2 amide bonds. The predicted molar refractivity (Wildman–Crippen MR) is 162 cm³/mol. The van der Waals surface area contributed by atoms with E-state index in [0.717, 1.165) is 5.56 Å². The van der Waals surface area contributed by atoms with Gasteiger partial charge in [-0.2, -0.15) is 0 Å². The maximum Gasteiger partial charge on any atom is 0.264 e. The summed E-state index contributed by atoms with van der Waals surface area (Å²) in [6.45, 7) is 0.374. The van der Waals surface area contributed by atoms with Crippen molar-refractivity contribution >= 4 is 33.2 Å². The van der Waals surface area contributed by atoms with Gasteiger partial charge >= 0.3 is 0 Å². The van der Waals surface area contributed by atoms with Crippen molar-refractivity contribution in [1.82, 2.24) is 10.3 Å². The summed E-state index contributed by atoms with van der Waals surface area (Å²) >= 11 is 0. The molecule has 5 rings (SSSR count). The highest BCUT2D eigenvalue weighted by molar-refractivity contribution is 7.92. The lowest BCUT2D eigenvalue weighted by Gasteiger charge is -2.25. The van der Waals surface area contributed by atoms with E-state index in [-0.39, 0.29) is 17.3 Å². The first-order chi connectivity index (χ1) is 20.4. The summed E-state index contributed by atoms with van der Waals surface area (Å²) in [4.78, 5) is 30.2. The Morgan fingerprint density at radius 2 is 1.36 bits per heavy atom. The molecule has 210 valence electrons. The number of anilines is 2. The fourth-order valence-corrected chi connectivity index (χ4v) is 5.80. The highest BCUT2D eigenvalue weighted by atomic mass is 32.2. The number of carbonyl (C=O) groups is 2. The van der Waals surface area contributed by atoms with Crippen molar-refractivity contribution in [2.45, 2.75) is 18.0 Å². The van der Waals surface area contributed by atoms with Gasteiger partial charge in [0.1, 0.15) is 0 Å². The molecule has 2 N–H and O–H groups in total. The maximum atomic E-state index is 13.6. The van der Waals surface area contributed by atoms with Crippen LogP contribution in [0.15, 0.2) is 139 Å². The van der Waals surface area contributed by atoms with Gasteiger partial charge in [0.2, 0.25) is 0 Å². The van der Waals surface area contributed by atoms with Gasteiger partial charge in [-0.05, 0) is 65.7 Å². The van der Waals surface area contributed by atoms with Crippen LogP contribution in [0.1, 0.15) is 31.8 Å². The minimum Gasteiger partial charge on any atom is -0.348 e. The number of sulfonamides is 1. The standard InChI is InChI=1S/C33H28N4O4S/c38-32(36-31-16-8-7-15-30(31)33(39)35-23-26-10-9-21-34-22-26)27-19-17-25(18-20-27)24-37(28-11-3-1-4-12-28)42(40,41)29-13-5-2-6-14-29/h1-22H,23-24H2,(H,35,39)(H,36,38). The fraction of sp³-hybridized carbons (Fsp3) is 0.0606. The average Bonchev–Trinajstić information content (AvgIpc) is 3.04. The number of carbonyl (C=O) groups excluding carboxylic acids is 2. The van der Waals surface area contributed by atoms with Gasteiger partial charge in [-0.15, -0.1) is 0 Å². The zero-order chi connectivity index (χ0) is 29.4. The summed E-state index contributed by atoms with van der Waals surface area (Å²) < 4.78 is 28.5. The molecule has 0 saturated carbocycles. The van der Waals surface area contributed by atoms with Gasteiger partial charge < -0.3 is 10.6 Å². The molecule has 0 atom stereocenters. The third-order valence-corrected chi connectivity index (χ3v) is 8.30. The Balaban J connectivity index is 1.31. The molecule has 0 fully saturated rings. The number of aromatic nitrogens is 1. The fourth-order valence-electron chi connectivity index (χ4n) is 4.32. The van der Waals surface area contributed by atoms with Gasteiger partial charge in [0.25, 0.3) is 21.8 Å². The Kier molecular flexibility index (Phi) is 8.70. The average molecular weight is 577 g/mol. The number of nitrogens with one attached hydrogen (secondary N) is 2. The second kappa shape index (κ2) is 12.9. The SMILES string of the molecule is O=C(Nc1ccccc1C(=O)NCc1cccnc1)c1ccc(CN(c2ccccc2)S(=O)(=O)c2ccccc2)cc1. The third kappa shape index (κ3) is 6.71. The molecule has 0 aliphatic rings. The van der Waals surface area contributed by atoms with E-state index < -0.39 is 15.9 Å². The predicted octanol–water partition coefficient (Wildman–Crippen LogP) is 5.66. The Labute approximate surface area is 244 Å². The molecule has 0 saturated heterocycles. The first-order valence-corrected chi connectivity index (χ1v) is 14.6. The Hall–Kier alpha value is -5.28. The lowest BCUT2D eigenvalue weighted by Crippen LogP contribution is -2.30. The highest BCUT2D eigenvalue weighted by Gasteiger charge is 2.25. The van der Waals surface area contributed by atoms with Crippen molar-refractivity contribution in [2.24, 2.45) is 0 Å². The monoisotopic (exact) mass is 576 g/mol.